The zero-order valence-corrected chi connectivity index (χ0v) is 47.3. The van der Waals surface area contributed by atoms with Gasteiger partial charge in [0.25, 0.3) is 0 Å². The van der Waals surface area contributed by atoms with Gasteiger partial charge in [0, 0.05) is 12.8 Å². The lowest BCUT2D eigenvalue weighted by Gasteiger charge is -2.22. The van der Waals surface area contributed by atoms with Crippen molar-refractivity contribution in [2.45, 2.75) is 360 Å². The molecule has 0 saturated carbocycles. The van der Waals surface area contributed by atoms with Crippen molar-refractivity contribution in [1.29, 1.82) is 0 Å². The summed E-state index contributed by atoms with van der Waals surface area (Å²) in [6, 6.07) is -0.548. The number of aliphatic hydroxyl groups is 2. The third-order valence-corrected chi connectivity index (χ3v) is 14.8. The molecule has 2 unspecified atom stereocenters. The van der Waals surface area contributed by atoms with Gasteiger partial charge in [-0.05, 0) is 57.8 Å². The maximum atomic E-state index is 12.5. The van der Waals surface area contributed by atoms with Gasteiger partial charge in [-0.3, -0.25) is 9.59 Å². The Kier molecular flexibility index (Phi) is 58.5. The molecule has 0 bridgehead atoms. The maximum Gasteiger partial charge on any atom is 0.305 e. The molecular weight excluding hydrogens is 863 g/mol. The quantitative estimate of drug-likeness (QED) is 0.0321. The molecule has 0 rings (SSSR count). The van der Waals surface area contributed by atoms with Crippen LogP contribution < -0.4 is 5.32 Å². The minimum Gasteiger partial charge on any atom is -0.466 e. The number of carbonyl (C=O) groups excluding carboxylic acids is 2. The molecule has 0 aromatic heterocycles. The van der Waals surface area contributed by atoms with Gasteiger partial charge in [0.1, 0.15) is 0 Å². The van der Waals surface area contributed by atoms with Crippen LogP contribution in [0.4, 0.5) is 0 Å². The molecule has 0 aromatic carbocycles. The highest BCUT2D eigenvalue weighted by Gasteiger charge is 2.20. The van der Waals surface area contributed by atoms with E-state index in [-0.39, 0.29) is 18.5 Å². The molecule has 70 heavy (non-hydrogen) atoms. The van der Waals surface area contributed by atoms with Crippen molar-refractivity contribution in [3.63, 3.8) is 0 Å². The molecule has 0 heterocycles. The largest absolute Gasteiger partial charge is 0.466 e. The van der Waals surface area contributed by atoms with E-state index < -0.39 is 12.1 Å². The topological polar surface area (TPSA) is 95.9 Å². The second-order valence-corrected chi connectivity index (χ2v) is 21.7. The molecule has 0 aliphatic heterocycles. The molecule has 0 saturated heterocycles. The summed E-state index contributed by atoms with van der Waals surface area (Å²) in [7, 11) is 0. The molecule has 1 amide bonds. The molecular formula is C64H123NO5. The average molecular weight is 987 g/mol. The monoisotopic (exact) mass is 986 g/mol. The lowest BCUT2D eigenvalue weighted by atomic mass is 10.0. The summed E-state index contributed by atoms with van der Waals surface area (Å²) in [4.78, 5) is 24.6. The minimum atomic E-state index is -0.670. The molecule has 414 valence electrons. The van der Waals surface area contributed by atoms with Crippen LogP contribution in [0.25, 0.3) is 0 Å². The van der Waals surface area contributed by atoms with Crippen LogP contribution in [0.3, 0.4) is 0 Å². The van der Waals surface area contributed by atoms with Crippen LogP contribution in [0.15, 0.2) is 24.3 Å². The van der Waals surface area contributed by atoms with Crippen LogP contribution in [-0.4, -0.2) is 47.4 Å². The molecule has 6 heteroatoms. The molecule has 0 spiro atoms. The summed E-state index contributed by atoms with van der Waals surface area (Å²) < 4.78 is 5.48. The highest BCUT2D eigenvalue weighted by molar-refractivity contribution is 5.76. The Hall–Kier alpha value is -1.66. The van der Waals surface area contributed by atoms with Gasteiger partial charge < -0.3 is 20.3 Å². The van der Waals surface area contributed by atoms with E-state index in [1.807, 2.05) is 0 Å². The van der Waals surface area contributed by atoms with Gasteiger partial charge in [0.2, 0.25) is 5.91 Å². The first-order valence-electron chi connectivity index (χ1n) is 31.6. The first-order valence-corrected chi connectivity index (χ1v) is 31.6. The van der Waals surface area contributed by atoms with Crippen molar-refractivity contribution < 1.29 is 24.5 Å². The third kappa shape index (κ3) is 55.7. The summed E-state index contributed by atoms with van der Waals surface area (Å²) in [5, 5.41) is 23.4. The highest BCUT2D eigenvalue weighted by Crippen LogP contribution is 2.18. The summed E-state index contributed by atoms with van der Waals surface area (Å²) in [5.74, 6) is -0.0482. The summed E-state index contributed by atoms with van der Waals surface area (Å²) in [6.45, 7) is 4.94. The van der Waals surface area contributed by atoms with E-state index >= 15 is 0 Å². The Labute approximate surface area is 437 Å². The van der Waals surface area contributed by atoms with E-state index in [9.17, 15) is 19.8 Å². The number of hydrogen-bond donors (Lipinski definition) is 3. The predicted molar refractivity (Wildman–Crippen MR) is 306 cm³/mol. The number of nitrogens with one attached hydrogen (secondary N) is 1. The van der Waals surface area contributed by atoms with Gasteiger partial charge in [-0.15, -0.1) is 0 Å². The fourth-order valence-electron chi connectivity index (χ4n) is 9.91. The Morgan fingerprint density at radius 2 is 0.714 bits per heavy atom. The van der Waals surface area contributed by atoms with Crippen LogP contribution in [0, 0.1) is 0 Å². The number of rotatable bonds is 59. The summed E-state index contributed by atoms with van der Waals surface area (Å²) in [6.07, 6.45) is 73.2. The first-order chi connectivity index (χ1) is 34.5. The van der Waals surface area contributed by atoms with E-state index in [1.165, 1.54) is 257 Å². The number of allylic oxidation sites excluding steroid dienone is 4. The van der Waals surface area contributed by atoms with Crippen molar-refractivity contribution in [3.8, 4) is 0 Å². The van der Waals surface area contributed by atoms with Crippen molar-refractivity contribution in [2.24, 2.45) is 0 Å². The van der Waals surface area contributed by atoms with E-state index in [1.54, 1.807) is 0 Å². The molecule has 6 nitrogen and oxygen atoms in total. The predicted octanol–water partition coefficient (Wildman–Crippen LogP) is 19.8. The molecule has 0 aromatic rings. The second kappa shape index (κ2) is 59.9. The van der Waals surface area contributed by atoms with Gasteiger partial charge in [-0.2, -0.15) is 0 Å². The van der Waals surface area contributed by atoms with E-state index in [0.29, 0.717) is 25.9 Å². The molecule has 3 N–H and O–H groups in total. The standard InChI is InChI=1S/C64H123NO5/c1-3-5-7-9-11-13-15-17-19-21-22-23-24-25-28-32-36-40-44-48-52-56-62(67)61(60-66)65-63(68)57-53-49-45-41-37-33-29-26-27-31-35-39-43-47-51-55-59-70-64(69)58-54-50-46-42-38-34-30-20-18-16-14-12-10-8-6-4-2/h14,16,20,30,61-62,66-67H,3-13,15,17-19,21-29,31-60H2,1-2H3,(H,65,68)/b16-14-,30-20-. The zero-order chi connectivity index (χ0) is 50.7. The smallest absolute Gasteiger partial charge is 0.305 e. The zero-order valence-electron chi connectivity index (χ0n) is 47.3. The molecule has 0 aliphatic carbocycles. The van der Waals surface area contributed by atoms with Crippen LogP contribution in [0.2, 0.25) is 0 Å². The average Bonchev–Trinajstić information content (AvgIpc) is 3.36. The van der Waals surface area contributed by atoms with Gasteiger partial charge in [0.15, 0.2) is 0 Å². The van der Waals surface area contributed by atoms with E-state index in [4.69, 9.17) is 4.74 Å². The normalized spacial score (nSPS) is 12.7. The first kappa shape index (κ1) is 68.3. The second-order valence-electron chi connectivity index (χ2n) is 21.7. The Bertz CT molecular complexity index is 1090. The van der Waals surface area contributed by atoms with Gasteiger partial charge in [0.05, 0.1) is 25.4 Å². The minimum absolute atomic E-state index is 0.00939. The van der Waals surface area contributed by atoms with Crippen molar-refractivity contribution in [2.75, 3.05) is 13.2 Å². The van der Waals surface area contributed by atoms with E-state index in [2.05, 4.69) is 43.5 Å². The van der Waals surface area contributed by atoms with Gasteiger partial charge in [-0.25, -0.2) is 0 Å². The number of hydrogen-bond acceptors (Lipinski definition) is 5. The third-order valence-electron chi connectivity index (χ3n) is 14.8. The van der Waals surface area contributed by atoms with Crippen molar-refractivity contribution in [1.82, 2.24) is 5.32 Å². The number of aliphatic hydroxyl groups excluding tert-OH is 2. The SMILES string of the molecule is CCCCCC/C=C\C/C=C\CCCCCCCC(=O)OCCCCCCCCCCCCCCCCCCC(=O)NC(CO)C(O)CCCCCCCCCCCCCCCCCCCCCCC. The van der Waals surface area contributed by atoms with Crippen molar-refractivity contribution >= 4 is 11.9 Å². The fraction of sp³-hybridized carbons (Fsp3) is 0.906. The Balaban J connectivity index is 3.43. The number of esters is 1. The van der Waals surface area contributed by atoms with Gasteiger partial charge >= 0.3 is 5.97 Å². The molecule has 2 atom stereocenters. The molecule has 0 aliphatic rings. The van der Waals surface area contributed by atoms with Crippen LogP contribution >= 0.6 is 0 Å². The number of amides is 1. The van der Waals surface area contributed by atoms with Gasteiger partial charge in [-0.1, -0.05) is 301 Å². The lowest BCUT2D eigenvalue weighted by Crippen LogP contribution is -2.45. The highest BCUT2D eigenvalue weighted by atomic mass is 16.5. The fourth-order valence-corrected chi connectivity index (χ4v) is 9.91. The summed E-state index contributed by atoms with van der Waals surface area (Å²) >= 11 is 0. The van der Waals surface area contributed by atoms with Crippen LogP contribution in [0.1, 0.15) is 348 Å². The number of ether oxygens (including phenoxy) is 1. The Morgan fingerprint density at radius 3 is 1.10 bits per heavy atom. The van der Waals surface area contributed by atoms with Crippen molar-refractivity contribution in [3.05, 3.63) is 24.3 Å². The number of carbonyl (C=O) groups is 2. The summed E-state index contributed by atoms with van der Waals surface area (Å²) in [5.41, 5.74) is 0. The molecule has 0 radical (unpaired) electrons. The Morgan fingerprint density at radius 1 is 0.400 bits per heavy atom. The number of unbranched alkanes of at least 4 members (excludes halogenated alkanes) is 44. The van der Waals surface area contributed by atoms with Crippen LogP contribution in [-0.2, 0) is 14.3 Å². The van der Waals surface area contributed by atoms with Crippen LogP contribution in [0.5, 0.6) is 0 Å². The molecule has 0 fully saturated rings. The van der Waals surface area contributed by atoms with E-state index in [0.717, 1.165) is 57.8 Å². The lowest BCUT2D eigenvalue weighted by molar-refractivity contribution is -0.143. The maximum absolute atomic E-state index is 12.5.